The molecular weight excluding hydrogens is 276 g/mol. The molecule has 1 aliphatic heterocycles. The van der Waals surface area contributed by atoms with Crippen molar-refractivity contribution in [2.24, 2.45) is 0 Å². The second-order valence-corrected chi connectivity index (χ2v) is 6.43. The summed E-state index contributed by atoms with van der Waals surface area (Å²) in [5.41, 5.74) is 1.23. The maximum Gasteiger partial charge on any atom is 0.234 e. The van der Waals surface area contributed by atoms with Crippen molar-refractivity contribution in [3.8, 4) is 5.75 Å². The fraction of sp³-hybridized carbons (Fsp3) is 0.611. The second kappa shape index (κ2) is 7.14. The van der Waals surface area contributed by atoms with Crippen LogP contribution in [0.5, 0.6) is 5.75 Å². The molecule has 1 heterocycles. The molecule has 1 saturated carbocycles. The van der Waals surface area contributed by atoms with Crippen molar-refractivity contribution in [3.05, 3.63) is 29.8 Å². The van der Waals surface area contributed by atoms with Crippen LogP contribution in [-0.4, -0.2) is 36.0 Å². The van der Waals surface area contributed by atoms with E-state index >= 15 is 0 Å². The van der Waals surface area contributed by atoms with Crippen LogP contribution in [0.1, 0.15) is 44.6 Å². The van der Waals surface area contributed by atoms with Gasteiger partial charge in [0.2, 0.25) is 5.91 Å². The van der Waals surface area contributed by atoms with E-state index in [4.69, 9.17) is 4.74 Å². The summed E-state index contributed by atoms with van der Waals surface area (Å²) in [6, 6.07) is 9.12. The molecule has 4 nitrogen and oxygen atoms in total. The summed E-state index contributed by atoms with van der Waals surface area (Å²) < 4.78 is 5.71. The maximum atomic E-state index is 11.9. The minimum atomic E-state index is 0.168. The lowest BCUT2D eigenvalue weighted by atomic mass is 9.87. The van der Waals surface area contributed by atoms with Gasteiger partial charge in [0.1, 0.15) is 5.75 Å². The zero-order valence-electron chi connectivity index (χ0n) is 13.4. The molecule has 0 aromatic heterocycles. The number of piperazine rings is 1. The van der Waals surface area contributed by atoms with Gasteiger partial charge in [-0.3, -0.25) is 9.69 Å². The number of benzene rings is 1. The molecule has 0 radical (unpaired) electrons. The van der Waals surface area contributed by atoms with Crippen LogP contribution in [0.2, 0.25) is 0 Å². The molecule has 1 aromatic rings. The van der Waals surface area contributed by atoms with Crippen molar-refractivity contribution < 1.29 is 9.53 Å². The summed E-state index contributed by atoms with van der Waals surface area (Å²) in [6.07, 6.45) is 5.83. The quantitative estimate of drug-likeness (QED) is 0.909. The third kappa shape index (κ3) is 3.61. The number of amides is 1. The normalized spacial score (nSPS) is 25.4. The number of hydrogen-bond donors (Lipinski definition) is 1. The van der Waals surface area contributed by atoms with Crippen molar-refractivity contribution in [1.29, 1.82) is 0 Å². The third-order valence-corrected chi connectivity index (χ3v) is 4.65. The van der Waals surface area contributed by atoms with Gasteiger partial charge in [0.15, 0.2) is 0 Å². The van der Waals surface area contributed by atoms with E-state index in [9.17, 15) is 4.79 Å². The fourth-order valence-corrected chi connectivity index (χ4v) is 3.63. The number of nitrogens with zero attached hydrogens (tertiary/aromatic N) is 1. The Morgan fingerprint density at radius 3 is 3.05 bits per heavy atom. The van der Waals surface area contributed by atoms with E-state index in [1.54, 1.807) is 0 Å². The molecule has 3 rings (SSSR count). The van der Waals surface area contributed by atoms with Crippen LogP contribution >= 0.6 is 0 Å². The minimum absolute atomic E-state index is 0.168. The predicted molar refractivity (Wildman–Crippen MR) is 86.8 cm³/mol. The van der Waals surface area contributed by atoms with Crippen molar-refractivity contribution in [2.45, 2.75) is 57.7 Å². The molecule has 1 amide bonds. The Morgan fingerprint density at radius 2 is 2.18 bits per heavy atom. The van der Waals surface area contributed by atoms with Gasteiger partial charge in [-0.15, -0.1) is 0 Å². The number of carbonyl (C=O) groups excluding carboxylic acids is 1. The highest BCUT2D eigenvalue weighted by atomic mass is 16.5. The van der Waals surface area contributed by atoms with Gasteiger partial charge in [0.05, 0.1) is 13.2 Å². The van der Waals surface area contributed by atoms with E-state index in [0.717, 1.165) is 31.7 Å². The van der Waals surface area contributed by atoms with Gasteiger partial charge in [-0.25, -0.2) is 0 Å². The van der Waals surface area contributed by atoms with Crippen molar-refractivity contribution in [2.75, 3.05) is 13.2 Å². The fourth-order valence-electron chi connectivity index (χ4n) is 3.63. The van der Waals surface area contributed by atoms with Gasteiger partial charge in [-0.1, -0.05) is 31.9 Å². The van der Waals surface area contributed by atoms with E-state index < -0.39 is 0 Å². The lowest BCUT2D eigenvalue weighted by molar-refractivity contribution is -0.128. The minimum Gasteiger partial charge on any atom is -0.494 e. The Balaban J connectivity index is 1.69. The monoisotopic (exact) mass is 302 g/mol. The van der Waals surface area contributed by atoms with Gasteiger partial charge in [0, 0.05) is 18.6 Å². The van der Waals surface area contributed by atoms with Gasteiger partial charge >= 0.3 is 0 Å². The summed E-state index contributed by atoms with van der Waals surface area (Å²) in [5.74, 6) is 1.10. The zero-order valence-corrected chi connectivity index (χ0v) is 13.4. The number of fused-ring (bicyclic) bond motifs is 1. The molecule has 0 unspecified atom stereocenters. The highest BCUT2D eigenvalue weighted by Crippen LogP contribution is 2.27. The Hall–Kier alpha value is -1.55. The predicted octanol–water partition coefficient (Wildman–Crippen LogP) is 2.72. The highest BCUT2D eigenvalue weighted by Gasteiger charge is 2.36. The lowest BCUT2D eigenvalue weighted by Crippen LogP contribution is -2.61. The van der Waals surface area contributed by atoms with Crippen LogP contribution in [0.3, 0.4) is 0 Å². The molecule has 22 heavy (non-hydrogen) atoms. The van der Waals surface area contributed by atoms with Crippen molar-refractivity contribution in [1.82, 2.24) is 10.2 Å². The van der Waals surface area contributed by atoms with Crippen molar-refractivity contribution >= 4 is 5.91 Å². The van der Waals surface area contributed by atoms with Crippen LogP contribution in [0.15, 0.2) is 24.3 Å². The smallest absolute Gasteiger partial charge is 0.234 e. The summed E-state index contributed by atoms with van der Waals surface area (Å²) in [6.45, 7) is 4.21. The van der Waals surface area contributed by atoms with E-state index in [0.29, 0.717) is 18.6 Å². The topological polar surface area (TPSA) is 41.6 Å². The number of ether oxygens (including phenoxy) is 1. The Labute approximate surface area is 132 Å². The molecule has 2 atom stereocenters. The first kappa shape index (κ1) is 15.3. The van der Waals surface area contributed by atoms with E-state index in [1.807, 2.05) is 12.1 Å². The van der Waals surface area contributed by atoms with Crippen LogP contribution in [0.4, 0.5) is 0 Å². The molecule has 1 saturated heterocycles. The SMILES string of the molecule is CCCOc1cccc(CN2CC(=O)N[C@@H]3CCCC[C@H]32)c1. The molecule has 0 spiro atoms. The number of carbonyl (C=O) groups is 1. The zero-order chi connectivity index (χ0) is 15.4. The van der Waals surface area contributed by atoms with Crippen LogP contribution in [0, 0.1) is 0 Å². The molecule has 120 valence electrons. The van der Waals surface area contributed by atoms with Gasteiger partial charge in [-0.2, -0.15) is 0 Å². The Kier molecular flexibility index (Phi) is 4.98. The molecule has 0 bridgehead atoms. The average molecular weight is 302 g/mol. The first-order valence-corrected chi connectivity index (χ1v) is 8.51. The molecule has 1 aromatic carbocycles. The summed E-state index contributed by atoms with van der Waals surface area (Å²) in [4.78, 5) is 14.3. The molecule has 2 aliphatic rings. The Bertz CT molecular complexity index is 518. The van der Waals surface area contributed by atoms with Gasteiger partial charge < -0.3 is 10.1 Å². The standard InChI is InChI=1S/C18H26N2O2/c1-2-10-22-15-7-5-6-14(11-15)12-20-13-18(21)19-16-8-3-4-9-17(16)20/h5-7,11,16-17H,2-4,8-10,12-13H2,1H3,(H,19,21)/t16-,17-/m1/s1. The summed E-state index contributed by atoms with van der Waals surface area (Å²) >= 11 is 0. The van der Waals surface area contributed by atoms with Crippen LogP contribution < -0.4 is 10.1 Å². The van der Waals surface area contributed by atoms with E-state index in [2.05, 4.69) is 29.3 Å². The number of nitrogens with one attached hydrogen (secondary N) is 1. The van der Waals surface area contributed by atoms with Crippen molar-refractivity contribution in [3.63, 3.8) is 0 Å². The average Bonchev–Trinajstić information content (AvgIpc) is 2.53. The molecule has 2 fully saturated rings. The van der Waals surface area contributed by atoms with E-state index in [-0.39, 0.29) is 5.91 Å². The Morgan fingerprint density at radius 1 is 1.32 bits per heavy atom. The maximum absolute atomic E-state index is 11.9. The molecule has 4 heteroatoms. The van der Waals surface area contributed by atoms with Crippen LogP contribution in [0.25, 0.3) is 0 Å². The van der Waals surface area contributed by atoms with Gasteiger partial charge in [0.25, 0.3) is 0 Å². The number of hydrogen-bond acceptors (Lipinski definition) is 3. The molecule has 1 aliphatic carbocycles. The third-order valence-electron chi connectivity index (χ3n) is 4.65. The highest BCUT2D eigenvalue weighted by molar-refractivity contribution is 5.79. The second-order valence-electron chi connectivity index (χ2n) is 6.43. The van der Waals surface area contributed by atoms with Gasteiger partial charge in [-0.05, 0) is 37.0 Å². The first-order valence-electron chi connectivity index (χ1n) is 8.51. The number of rotatable bonds is 5. The lowest BCUT2D eigenvalue weighted by Gasteiger charge is -2.44. The van der Waals surface area contributed by atoms with E-state index in [1.165, 1.54) is 24.8 Å². The largest absolute Gasteiger partial charge is 0.494 e. The summed E-state index contributed by atoms with van der Waals surface area (Å²) in [5, 5.41) is 3.17. The van der Waals surface area contributed by atoms with Crippen LogP contribution in [-0.2, 0) is 11.3 Å². The molecular formula is C18H26N2O2. The molecule has 1 N–H and O–H groups in total. The summed E-state index contributed by atoms with van der Waals surface area (Å²) in [7, 11) is 0. The first-order chi connectivity index (χ1) is 10.8.